The van der Waals surface area contributed by atoms with Crippen LogP contribution in [0.2, 0.25) is 0 Å². The molecule has 1 aromatic carbocycles. The predicted octanol–water partition coefficient (Wildman–Crippen LogP) is 4.07. The summed E-state index contributed by atoms with van der Waals surface area (Å²) in [7, 11) is -3.59. The monoisotopic (exact) mass is 343 g/mol. The normalized spacial score (nSPS) is 13.7. The second-order valence-electron chi connectivity index (χ2n) is 5.17. The second kappa shape index (κ2) is 6.70. The summed E-state index contributed by atoms with van der Waals surface area (Å²) in [6.07, 6.45) is -2.51. The van der Waals surface area contributed by atoms with Crippen LogP contribution in [0.25, 0.3) is 0 Å². The highest BCUT2D eigenvalue weighted by molar-refractivity contribution is 7.91. The molecule has 0 radical (unpaired) electrons. The SMILES string of the molecule is CC[C@@H](CS(=O)(=O)c1ccccn1)c1ccc(C(F)(F)F)cc1. The topological polar surface area (TPSA) is 47.0 Å². The number of aromatic nitrogens is 1. The number of benzene rings is 1. The number of hydrogen-bond acceptors (Lipinski definition) is 3. The Hall–Kier alpha value is -1.89. The van der Waals surface area contributed by atoms with Gasteiger partial charge in [0.15, 0.2) is 14.9 Å². The van der Waals surface area contributed by atoms with Crippen molar-refractivity contribution >= 4 is 9.84 Å². The summed E-state index contributed by atoms with van der Waals surface area (Å²) >= 11 is 0. The first-order valence-electron chi connectivity index (χ1n) is 7.05. The Morgan fingerprint density at radius 1 is 1.09 bits per heavy atom. The minimum Gasteiger partial charge on any atom is -0.245 e. The molecule has 0 amide bonds. The molecule has 23 heavy (non-hydrogen) atoms. The average Bonchev–Trinajstić information content (AvgIpc) is 2.53. The minimum absolute atomic E-state index is 0.0228. The van der Waals surface area contributed by atoms with Gasteiger partial charge in [-0.2, -0.15) is 13.2 Å². The third-order valence-electron chi connectivity index (χ3n) is 3.58. The molecule has 7 heteroatoms. The van der Waals surface area contributed by atoms with E-state index in [1.807, 2.05) is 0 Å². The number of pyridine rings is 1. The number of alkyl halides is 3. The van der Waals surface area contributed by atoms with Gasteiger partial charge in [0.05, 0.1) is 11.3 Å². The van der Waals surface area contributed by atoms with Gasteiger partial charge >= 0.3 is 6.18 Å². The van der Waals surface area contributed by atoms with Crippen LogP contribution >= 0.6 is 0 Å². The van der Waals surface area contributed by atoms with Crippen LogP contribution in [0.5, 0.6) is 0 Å². The van der Waals surface area contributed by atoms with Gasteiger partial charge in [-0.3, -0.25) is 0 Å². The van der Waals surface area contributed by atoms with Crippen molar-refractivity contribution < 1.29 is 21.6 Å². The van der Waals surface area contributed by atoms with Gasteiger partial charge in [-0.15, -0.1) is 0 Å². The Morgan fingerprint density at radius 2 is 1.74 bits per heavy atom. The van der Waals surface area contributed by atoms with E-state index in [1.165, 1.54) is 24.4 Å². The van der Waals surface area contributed by atoms with Crippen LogP contribution in [-0.2, 0) is 16.0 Å². The zero-order valence-corrected chi connectivity index (χ0v) is 13.2. The van der Waals surface area contributed by atoms with E-state index in [1.54, 1.807) is 19.1 Å². The van der Waals surface area contributed by atoms with Gasteiger partial charge in [0, 0.05) is 6.20 Å². The summed E-state index contributed by atoms with van der Waals surface area (Å²) in [5.41, 5.74) is -0.177. The van der Waals surface area contributed by atoms with Gasteiger partial charge in [-0.05, 0) is 42.2 Å². The largest absolute Gasteiger partial charge is 0.416 e. The Kier molecular flexibility index (Phi) is 5.09. The summed E-state index contributed by atoms with van der Waals surface area (Å²) < 4.78 is 62.5. The van der Waals surface area contributed by atoms with Crippen LogP contribution in [0.1, 0.15) is 30.4 Å². The zero-order chi connectivity index (χ0) is 17.1. The highest BCUT2D eigenvalue weighted by Crippen LogP contribution is 2.31. The van der Waals surface area contributed by atoms with Gasteiger partial charge < -0.3 is 0 Å². The van der Waals surface area contributed by atoms with Crippen LogP contribution in [0.4, 0.5) is 13.2 Å². The summed E-state index contributed by atoms with van der Waals surface area (Å²) in [4.78, 5) is 3.84. The summed E-state index contributed by atoms with van der Waals surface area (Å²) in [5.74, 6) is -0.574. The van der Waals surface area contributed by atoms with Crippen molar-refractivity contribution in [2.45, 2.75) is 30.5 Å². The van der Waals surface area contributed by atoms with E-state index in [2.05, 4.69) is 4.98 Å². The van der Waals surface area contributed by atoms with Gasteiger partial charge in [0.25, 0.3) is 0 Å². The fraction of sp³-hybridized carbons (Fsp3) is 0.312. The molecule has 2 aromatic rings. The molecule has 0 bridgehead atoms. The highest BCUT2D eigenvalue weighted by atomic mass is 32.2. The van der Waals surface area contributed by atoms with Gasteiger partial charge in [-0.1, -0.05) is 25.1 Å². The standard InChI is InChI=1S/C16H16F3NO2S/c1-2-12(11-23(21,22)15-5-3-4-10-20-15)13-6-8-14(9-7-13)16(17,18)19/h3-10,12H,2,11H2,1H3/t12-/m0/s1. The van der Waals surface area contributed by atoms with E-state index < -0.39 is 21.6 Å². The number of rotatable bonds is 5. The average molecular weight is 343 g/mol. The molecule has 1 atom stereocenters. The van der Waals surface area contributed by atoms with Crippen molar-refractivity contribution in [3.8, 4) is 0 Å². The molecule has 0 aliphatic heterocycles. The van der Waals surface area contributed by atoms with Crippen LogP contribution in [0.3, 0.4) is 0 Å². The molecule has 1 aromatic heterocycles. The maximum atomic E-state index is 12.6. The van der Waals surface area contributed by atoms with Crippen molar-refractivity contribution in [3.63, 3.8) is 0 Å². The quantitative estimate of drug-likeness (QED) is 0.822. The molecule has 1 heterocycles. The molecular formula is C16H16F3NO2S. The number of sulfone groups is 1. The lowest BCUT2D eigenvalue weighted by atomic mass is 9.97. The number of nitrogens with zero attached hydrogens (tertiary/aromatic N) is 1. The van der Waals surface area contributed by atoms with Gasteiger partial charge in [-0.25, -0.2) is 13.4 Å². The van der Waals surface area contributed by atoms with Crippen LogP contribution in [0.15, 0.2) is 53.7 Å². The Morgan fingerprint density at radius 3 is 2.22 bits per heavy atom. The fourth-order valence-corrected chi connectivity index (χ4v) is 3.91. The molecule has 0 N–H and O–H groups in total. The van der Waals surface area contributed by atoms with Crippen molar-refractivity contribution in [2.75, 3.05) is 5.75 Å². The maximum absolute atomic E-state index is 12.6. The van der Waals surface area contributed by atoms with E-state index in [0.29, 0.717) is 12.0 Å². The van der Waals surface area contributed by atoms with Crippen molar-refractivity contribution in [3.05, 3.63) is 59.8 Å². The molecule has 0 fully saturated rings. The van der Waals surface area contributed by atoms with E-state index in [0.717, 1.165) is 12.1 Å². The van der Waals surface area contributed by atoms with E-state index >= 15 is 0 Å². The summed E-state index contributed by atoms with van der Waals surface area (Å²) in [6.45, 7) is 1.80. The number of hydrogen-bond donors (Lipinski definition) is 0. The van der Waals surface area contributed by atoms with Crippen LogP contribution in [-0.4, -0.2) is 19.2 Å². The number of halogens is 3. The first-order chi connectivity index (χ1) is 10.7. The lowest BCUT2D eigenvalue weighted by molar-refractivity contribution is -0.137. The van der Waals surface area contributed by atoms with Gasteiger partial charge in [0.1, 0.15) is 0 Å². The van der Waals surface area contributed by atoms with Crippen molar-refractivity contribution in [2.24, 2.45) is 0 Å². The minimum atomic E-state index is -4.40. The first kappa shape index (κ1) is 17.5. The molecule has 0 saturated carbocycles. The fourth-order valence-electron chi connectivity index (χ4n) is 2.28. The molecule has 0 unspecified atom stereocenters. The molecule has 124 valence electrons. The predicted molar refractivity (Wildman–Crippen MR) is 80.8 cm³/mol. The van der Waals surface area contributed by atoms with E-state index in [9.17, 15) is 21.6 Å². The zero-order valence-electron chi connectivity index (χ0n) is 12.4. The first-order valence-corrected chi connectivity index (χ1v) is 8.70. The molecule has 2 rings (SSSR count). The van der Waals surface area contributed by atoms with E-state index in [-0.39, 0.29) is 16.7 Å². The Bertz CT molecular complexity index is 741. The lowest BCUT2D eigenvalue weighted by Gasteiger charge is -2.16. The smallest absolute Gasteiger partial charge is 0.245 e. The molecule has 3 nitrogen and oxygen atoms in total. The molecular weight excluding hydrogens is 327 g/mol. The molecule has 0 aliphatic carbocycles. The highest BCUT2D eigenvalue weighted by Gasteiger charge is 2.30. The summed E-state index contributed by atoms with van der Waals surface area (Å²) in [6, 6.07) is 9.24. The van der Waals surface area contributed by atoms with Crippen LogP contribution < -0.4 is 0 Å². The van der Waals surface area contributed by atoms with Crippen molar-refractivity contribution in [1.29, 1.82) is 0 Å². The summed E-state index contributed by atoms with van der Waals surface area (Å²) in [5, 5.41) is -0.0228. The second-order valence-corrected chi connectivity index (χ2v) is 7.16. The van der Waals surface area contributed by atoms with Crippen molar-refractivity contribution in [1.82, 2.24) is 4.98 Å². The third kappa shape index (κ3) is 4.31. The molecule has 0 spiro atoms. The van der Waals surface area contributed by atoms with Crippen LogP contribution in [0, 0.1) is 0 Å². The van der Waals surface area contributed by atoms with E-state index in [4.69, 9.17) is 0 Å². The maximum Gasteiger partial charge on any atom is 0.416 e. The third-order valence-corrected chi connectivity index (χ3v) is 5.30. The molecule has 0 saturated heterocycles. The Labute approximate surface area is 133 Å². The molecule has 0 aliphatic rings. The van der Waals surface area contributed by atoms with Gasteiger partial charge in [0.2, 0.25) is 0 Å². The Balaban J connectivity index is 2.24. The lowest BCUT2D eigenvalue weighted by Crippen LogP contribution is -2.16.